The number of hydrogen-bond acceptors (Lipinski definition) is 2. The van der Waals surface area contributed by atoms with E-state index in [0.717, 1.165) is 0 Å². The van der Waals surface area contributed by atoms with E-state index in [1.165, 1.54) is 4.90 Å². The van der Waals surface area contributed by atoms with Crippen LogP contribution < -0.4 is 10.6 Å². The quantitative estimate of drug-likeness (QED) is 0.605. The molecular formula is C11H12Cl5N3O. The zero-order valence-corrected chi connectivity index (χ0v) is 14.3. The van der Waals surface area contributed by atoms with Crippen molar-refractivity contribution in [1.29, 1.82) is 0 Å². The lowest BCUT2D eigenvalue weighted by Gasteiger charge is -2.28. The third-order valence-corrected chi connectivity index (χ3v) is 3.63. The number of carbonyl (C=O) groups excluding carboxylic acids is 1. The van der Waals surface area contributed by atoms with Gasteiger partial charge in [0.2, 0.25) is 3.79 Å². The molecule has 0 bridgehead atoms. The van der Waals surface area contributed by atoms with Gasteiger partial charge in [0.15, 0.2) is 0 Å². The number of hydrogen-bond donors (Lipinski definition) is 2. The lowest BCUT2D eigenvalue weighted by atomic mass is 10.3. The second-order valence-corrected chi connectivity index (χ2v) is 7.28. The van der Waals surface area contributed by atoms with Crippen LogP contribution in [-0.4, -0.2) is 35.0 Å². The Hall–Kier alpha value is -0.260. The Balaban J connectivity index is 2.90. The molecule has 0 saturated carbocycles. The molecule has 1 aromatic carbocycles. The van der Waals surface area contributed by atoms with Crippen molar-refractivity contribution in [2.24, 2.45) is 0 Å². The van der Waals surface area contributed by atoms with E-state index in [0.29, 0.717) is 15.7 Å². The highest BCUT2D eigenvalue weighted by Gasteiger charge is 2.34. The number of amides is 2. The topological polar surface area (TPSA) is 44.4 Å². The van der Waals surface area contributed by atoms with Crippen LogP contribution in [-0.2, 0) is 0 Å². The fourth-order valence-electron chi connectivity index (χ4n) is 1.20. The Morgan fingerprint density at radius 3 is 2.25 bits per heavy atom. The molecule has 0 radical (unpaired) electrons. The van der Waals surface area contributed by atoms with Crippen LogP contribution in [0.15, 0.2) is 18.2 Å². The molecule has 9 heteroatoms. The van der Waals surface area contributed by atoms with Crippen molar-refractivity contribution in [3.63, 3.8) is 0 Å². The summed E-state index contributed by atoms with van der Waals surface area (Å²) in [5.41, 5.74) is 0.551. The van der Waals surface area contributed by atoms with Crippen LogP contribution in [0.25, 0.3) is 0 Å². The summed E-state index contributed by atoms with van der Waals surface area (Å²) in [5.74, 6) is 0. The van der Waals surface area contributed by atoms with Crippen molar-refractivity contribution in [3.05, 3.63) is 28.2 Å². The Morgan fingerprint density at radius 1 is 1.20 bits per heavy atom. The number of alkyl halides is 3. The first-order valence-electron chi connectivity index (χ1n) is 5.37. The lowest BCUT2D eigenvalue weighted by Crippen LogP contribution is -2.52. The van der Waals surface area contributed by atoms with Gasteiger partial charge in [-0.25, -0.2) is 4.79 Å². The van der Waals surface area contributed by atoms with E-state index in [4.69, 9.17) is 58.0 Å². The molecule has 0 spiro atoms. The third-order valence-electron chi connectivity index (χ3n) is 2.23. The smallest absolute Gasteiger partial charge is 0.318 e. The standard InChI is InChI=1S/C11H12Cl5N3O/c1-19(2)10(20)18-9(11(14,15)16)17-6-3-4-7(12)8(13)5-6/h3-5,9,17H,1-2H3,(H,18,20)/t9-/m1/s1. The second-order valence-electron chi connectivity index (χ2n) is 4.09. The molecule has 0 fully saturated rings. The van der Waals surface area contributed by atoms with Crippen molar-refractivity contribution in [1.82, 2.24) is 10.2 Å². The molecule has 1 rings (SSSR count). The third kappa shape index (κ3) is 5.26. The molecule has 1 atom stereocenters. The van der Waals surface area contributed by atoms with E-state index < -0.39 is 16.0 Å². The minimum Gasteiger partial charge on any atom is -0.362 e. The van der Waals surface area contributed by atoms with Gasteiger partial charge in [-0.05, 0) is 18.2 Å². The van der Waals surface area contributed by atoms with Gasteiger partial charge in [0.1, 0.15) is 6.17 Å². The predicted octanol–water partition coefficient (Wildman–Crippen LogP) is 4.37. The normalized spacial score (nSPS) is 12.8. The minimum atomic E-state index is -1.75. The van der Waals surface area contributed by atoms with Crippen molar-refractivity contribution in [3.8, 4) is 0 Å². The number of carbonyl (C=O) groups is 1. The molecule has 112 valence electrons. The van der Waals surface area contributed by atoms with Crippen molar-refractivity contribution >= 4 is 69.7 Å². The molecular weight excluding hydrogens is 367 g/mol. The molecule has 2 N–H and O–H groups in total. The van der Waals surface area contributed by atoms with Crippen LogP contribution in [0.1, 0.15) is 0 Å². The van der Waals surface area contributed by atoms with Gasteiger partial charge in [-0.2, -0.15) is 0 Å². The summed E-state index contributed by atoms with van der Waals surface area (Å²) in [7, 11) is 3.15. The zero-order valence-electron chi connectivity index (χ0n) is 10.6. The monoisotopic (exact) mass is 377 g/mol. The number of benzene rings is 1. The van der Waals surface area contributed by atoms with E-state index >= 15 is 0 Å². The van der Waals surface area contributed by atoms with Gasteiger partial charge in [-0.1, -0.05) is 58.0 Å². The molecule has 4 nitrogen and oxygen atoms in total. The fraction of sp³-hybridized carbons (Fsp3) is 0.364. The summed E-state index contributed by atoms with van der Waals surface area (Å²) in [6, 6.07) is 4.40. The van der Waals surface area contributed by atoms with Gasteiger partial charge in [-0.3, -0.25) is 0 Å². The van der Waals surface area contributed by atoms with Crippen LogP contribution in [0.3, 0.4) is 0 Å². The first-order valence-corrected chi connectivity index (χ1v) is 7.26. The predicted molar refractivity (Wildman–Crippen MR) is 86.4 cm³/mol. The second kappa shape index (κ2) is 7.14. The van der Waals surface area contributed by atoms with Crippen molar-refractivity contribution < 1.29 is 4.79 Å². The molecule has 0 heterocycles. The van der Waals surface area contributed by atoms with E-state index in [2.05, 4.69) is 10.6 Å². The molecule has 20 heavy (non-hydrogen) atoms. The van der Waals surface area contributed by atoms with E-state index in [-0.39, 0.29) is 0 Å². The number of nitrogens with one attached hydrogen (secondary N) is 2. The minimum absolute atomic E-state index is 0.346. The van der Waals surface area contributed by atoms with Gasteiger partial charge < -0.3 is 15.5 Å². The summed E-state index contributed by atoms with van der Waals surface area (Å²) in [5, 5.41) is 6.17. The highest BCUT2D eigenvalue weighted by molar-refractivity contribution is 6.68. The lowest BCUT2D eigenvalue weighted by molar-refractivity contribution is 0.214. The van der Waals surface area contributed by atoms with Gasteiger partial charge >= 0.3 is 6.03 Å². The molecule has 2 amide bonds. The van der Waals surface area contributed by atoms with Crippen molar-refractivity contribution in [2.75, 3.05) is 19.4 Å². The van der Waals surface area contributed by atoms with Gasteiger partial charge in [0.25, 0.3) is 0 Å². The highest BCUT2D eigenvalue weighted by atomic mass is 35.6. The fourth-order valence-corrected chi connectivity index (χ4v) is 1.83. The average Bonchev–Trinajstić information content (AvgIpc) is 2.31. The molecule has 0 saturated heterocycles. The molecule has 0 unspecified atom stereocenters. The maximum Gasteiger partial charge on any atom is 0.318 e. The number of nitrogens with zero attached hydrogens (tertiary/aromatic N) is 1. The van der Waals surface area contributed by atoms with Crippen LogP contribution in [0.5, 0.6) is 0 Å². The Labute approximate surface area is 142 Å². The zero-order chi connectivity index (χ0) is 15.5. The van der Waals surface area contributed by atoms with Gasteiger partial charge in [0, 0.05) is 19.8 Å². The first kappa shape index (κ1) is 17.8. The Bertz CT molecular complexity index is 489. The van der Waals surface area contributed by atoms with Gasteiger partial charge in [-0.15, -0.1) is 0 Å². The molecule has 1 aromatic rings. The Morgan fingerprint density at radius 2 is 1.80 bits per heavy atom. The first-order chi connectivity index (χ1) is 9.11. The summed E-state index contributed by atoms with van der Waals surface area (Å²) < 4.78 is -1.75. The number of rotatable bonds is 3. The largest absolute Gasteiger partial charge is 0.362 e. The molecule has 0 aliphatic carbocycles. The maximum absolute atomic E-state index is 11.7. The summed E-state index contributed by atoms with van der Waals surface area (Å²) in [6.07, 6.45) is -0.945. The molecule has 0 aliphatic rings. The highest BCUT2D eigenvalue weighted by Crippen LogP contribution is 2.32. The summed E-state index contributed by atoms with van der Waals surface area (Å²) >= 11 is 29.3. The van der Waals surface area contributed by atoms with Crippen LogP contribution in [0.4, 0.5) is 10.5 Å². The van der Waals surface area contributed by atoms with Crippen LogP contribution in [0.2, 0.25) is 10.0 Å². The van der Waals surface area contributed by atoms with Gasteiger partial charge in [0.05, 0.1) is 10.0 Å². The number of anilines is 1. The Kier molecular flexibility index (Phi) is 6.35. The number of halogens is 5. The summed E-state index contributed by atoms with van der Waals surface area (Å²) in [6.45, 7) is 0. The van der Waals surface area contributed by atoms with Crippen LogP contribution in [0, 0.1) is 0 Å². The van der Waals surface area contributed by atoms with E-state index in [9.17, 15) is 4.79 Å². The number of urea groups is 1. The molecule has 0 aromatic heterocycles. The average molecular weight is 380 g/mol. The molecule has 0 aliphatic heterocycles. The van der Waals surface area contributed by atoms with Crippen LogP contribution >= 0.6 is 58.0 Å². The SMILES string of the molecule is CN(C)C(=O)N[C@@H](Nc1ccc(Cl)c(Cl)c1)C(Cl)(Cl)Cl. The maximum atomic E-state index is 11.7. The van der Waals surface area contributed by atoms with Crippen molar-refractivity contribution in [2.45, 2.75) is 9.96 Å². The van der Waals surface area contributed by atoms with E-state index in [1.807, 2.05) is 0 Å². The summed E-state index contributed by atoms with van der Waals surface area (Å²) in [4.78, 5) is 13.0. The van der Waals surface area contributed by atoms with E-state index in [1.54, 1.807) is 32.3 Å².